The Morgan fingerprint density at radius 1 is 1.50 bits per heavy atom. The van der Waals surface area contributed by atoms with Crippen LogP contribution in [0.3, 0.4) is 0 Å². The molecule has 0 amide bonds. The summed E-state index contributed by atoms with van der Waals surface area (Å²) >= 11 is 0. The van der Waals surface area contributed by atoms with Gasteiger partial charge in [-0.15, -0.1) is 0 Å². The first kappa shape index (κ1) is 13.3. The first-order valence-corrected chi connectivity index (χ1v) is 5.68. The Labute approximate surface area is 104 Å². The van der Waals surface area contributed by atoms with Crippen molar-refractivity contribution < 1.29 is 33.6 Å². The zero-order valence-electron chi connectivity index (χ0n) is 10.4. The van der Waals surface area contributed by atoms with Crippen molar-refractivity contribution in [2.45, 2.75) is 51.0 Å². The Balaban J connectivity index is 2.11. The van der Waals surface area contributed by atoms with E-state index < -0.39 is 42.1 Å². The zero-order valence-corrected chi connectivity index (χ0v) is 10.4. The van der Waals surface area contributed by atoms with E-state index in [0.717, 1.165) is 0 Å². The highest BCUT2D eigenvalue weighted by Gasteiger charge is 2.53. The molecule has 7 heteroatoms. The van der Waals surface area contributed by atoms with Crippen molar-refractivity contribution in [1.82, 2.24) is 0 Å². The highest BCUT2D eigenvalue weighted by Crippen LogP contribution is 2.31. The maximum absolute atomic E-state index is 11.3. The van der Waals surface area contributed by atoms with Crippen LogP contribution in [0.25, 0.3) is 0 Å². The molecule has 0 bridgehead atoms. The molecular weight excluding hydrogens is 244 g/mol. The number of hydrogen-bond acceptors (Lipinski definition) is 7. The minimum atomic E-state index is -1.48. The van der Waals surface area contributed by atoms with Gasteiger partial charge in [-0.2, -0.15) is 0 Å². The quantitative estimate of drug-likeness (QED) is 0.660. The summed E-state index contributed by atoms with van der Waals surface area (Å²) in [6, 6.07) is 0. The number of aliphatic hydroxyl groups is 1. The topological polar surface area (TPSA) is 91.3 Å². The van der Waals surface area contributed by atoms with Crippen LogP contribution in [0.15, 0.2) is 0 Å². The van der Waals surface area contributed by atoms with Gasteiger partial charge in [0.2, 0.25) is 0 Å². The Morgan fingerprint density at radius 2 is 2.17 bits per heavy atom. The molecule has 7 nitrogen and oxygen atoms in total. The van der Waals surface area contributed by atoms with E-state index in [1.165, 1.54) is 6.92 Å². The van der Waals surface area contributed by atoms with Gasteiger partial charge in [-0.25, -0.2) is 4.79 Å². The van der Waals surface area contributed by atoms with Gasteiger partial charge in [0.25, 0.3) is 0 Å². The number of carbonyl (C=O) groups is 2. The molecule has 0 aliphatic carbocycles. The second kappa shape index (κ2) is 4.49. The standard InChI is InChI=1S/C11H16O7/c1-5(12)16-9-7(13)10(14)17-8(9)6-4-15-11(2,3)18-6/h6-9,13H,4H2,1-3H3/t6-,7-,8+,9-/m0/s1. The molecule has 2 saturated heterocycles. The van der Waals surface area contributed by atoms with Crippen molar-refractivity contribution in [3.63, 3.8) is 0 Å². The number of esters is 2. The number of aliphatic hydroxyl groups excluding tert-OH is 1. The predicted molar refractivity (Wildman–Crippen MR) is 56.3 cm³/mol. The largest absolute Gasteiger partial charge is 0.455 e. The molecule has 2 aliphatic rings. The fourth-order valence-corrected chi connectivity index (χ4v) is 2.07. The highest BCUT2D eigenvalue weighted by molar-refractivity contribution is 5.79. The lowest BCUT2D eigenvalue weighted by Gasteiger charge is -2.24. The molecule has 0 aromatic heterocycles. The average Bonchev–Trinajstić information content (AvgIpc) is 2.72. The summed E-state index contributed by atoms with van der Waals surface area (Å²) in [6.45, 7) is 4.85. The molecule has 2 fully saturated rings. The smallest absolute Gasteiger partial charge is 0.339 e. The van der Waals surface area contributed by atoms with Crippen molar-refractivity contribution in [3.8, 4) is 0 Å². The molecule has 0 spiro atoms. The Bertz CT molecular complexity index is 364. The van der Waals surface area contributed by atoms with Gasteiger partial charge < -0.3 is 24.1 Å². The summed E-state index contributed by atoms with van der Waals surface area (Å²) in [7, 11) is 0. The third-order valence-electron chi connectivity index (χ3n) is 2.83. The number of rotatable bonds is 2. The monoisotopic (exact) mass is 260 g/mol. The Hall–Kier alpha value is -1.18. The van der Waals surface area contributed by atoms with E-state index in [9.17, 15) is 14.7 Å². The second-order valence-corrected chi connectivity index (χ2v) is 4.79. The number of cyclic esters (lactones) is 1. The number of ether oxygens (including phenoxy) is 4. The van der Waals surface area contributed by atoms with E-state index >= 15 is 0 Å². The van der Waals surface area contributed by atoms with Gasteiger partial charge in [-0.3, -0.25) is 4.79 Å². The van der Waals surface area contributed by atoms with Crippen LogP contribution in [0.4, 0.5) is 0 Å². The summed E-state index contributed by atoms with van der Waals surface area (Å²) in [6.07, 6.45) is -3.95. The van der Waals surface area contributed by atoms with Crippen molar-refractivity contribution in [2.75, 3.05) is 6.61 Å². The fraction of sp³-hybridized carbons (Fsp3) is 0.818. The Morgan fingerprint density at radius 3 is 2.67 bits per heavy atom. The molecule has 0 aromatic rings. The molecule has 2 aliphatic heterocycles. The first-order valence-electron chi connectivity index (χ1n) is 5.68. The van der Waals surface area contributed by atoms with Crippen LogP contribution in [0, 0.1) is 0 Å². The van der Waals surface area contributed by atoms with Gasteiger partial charge >= 0.3 is 11.9 Å². The summed E-state index contributed by atoms with van der Waals surface area (Å²) in [5, 5.41) is 9.62. The second-order valence-electron chi connectivity index (χ2n) is 4.79. The van der Waals surface area contributed by atoms with Gasteiger partial charge in [0.1, 0.15) is 6.10 Å². The summed E-state index contributed by atoms with van der Waals surface area (Å²) in [5.74, 6) is -2.20. The molecule has 0 radical (unpaired) electrons. The Kier molecular flexibility index (Phi) is 3.31. The predicted octanol–water partition coefficient (Wildman–Crippen LogP) is -0.644. The van der Waals surface area contributed by atoms with Crippen LogP contribution in [0.2, 0.25) is 0 Å². The number of carbonyl (C=O) groups excluding carboxylic acids is 2. The van der Waals surface area contributed by atoms with Crippen LogP contribution in [-0.4, -0.2) is 53.9 Å². The average molecular weight is 260 g/mol. The minimum Gasteiger partial charge on any atom is -0.455 e. The minimum absolute atomic E-state index is 0.204. The van der Waals surface area contributed by atoms with Crippen molar-refractivity contribution >= 4 is 11.9 Å². The first-order chi connectivity index (χ1) is 8.30. The van der Waals surface area contributed by atoms with Crippen LogP contribution >= 0.6 is 0 Å². The lowest BCUT2D eigenvalue weighted by atomic mass is 10.1. The normalized spacial score (nSPS) is 38.6. The highest BCUT2D eigenvalue weighted by atomic mass is 16.8. The third-order valence-corrected chi connectivity index (χ3v) is 2.83. The number of hydrogen-bond donors (Lipinski definition) is 1. The van der Waals surface area contributed by atoms with Crippen molar-refractivity contribution in [3.05, 3.63) is 0 Å². The van der Waals surface area contributed by atoms with Crippen molar-refractivity contribution in [1.29, 1.82) is 0 Å². The summed E-state index contributed by atoms with van der Waals surface area (Å²) in [5.41, 5.74) is 0. The molecule has 18 heavy (non-hydrogen) atoms. The summed E-state index contributed by atoms with van der Waals surface area (Å²) < 4.78 is 20.8. The third kappa shape index (κ3) is 2.47. The molecule has 0 unspecified atom stereocenters. The van der Waals surface area contributed by atoms with Crippen LogP contribution in [0.1, 0.15) is 20.8 Å². The lowest BCUT2D eigenvalue weighted by Crippen LogP contribution is -2.43. The molecule has 1 N–H and O–H groups in total. The van der Waals surface area contributed by atoms with E-state index in [-0.39, 0.29) is 6.61 Å². The van der Waals surface area contributed by atoms with Crippen LogP contribution in [-0.2, 0) is 28.5 Å². The maximum Gasteiger partial charge on any atom is 0.339 e. The van der Waals surface area contributed by atoms with Gasteiger partial charge in [0, 0.05) is 6.92 Å². The van der Waals surface area contributed by atoms with Crippen molar-refractivity contribution in [2.24, 2.45) is 0 Å². The van der Waals surface area contributed by atoms with Gasteiger partial charge in [0.15, 0.2) is 24.1 Å². The molecule has 4 atom stereocenters. The summed E-state index contributed by atoms with van der Waals surface area (Å²) in [4.78, 5) is 22.3. The van der Waals surface area contributed by atoms with Crippen LogP contribution < -0.4 is 0 Å². The van der Waals surface area contributed by atoms with E-state index in [0.29, 0.717) is 0 Å². The molecule has 2 heterocycles. The van der Waals surface area contributed by atoms with Gasteiger partial charge in [-0.05, 0) is 13.8 Å². The molecule has 102 valence electrons. The molecule has 0 saturated carbocycles. The molecular formula is C11H16O7. The van der Waals surface area contributed by atoms with Gasteiger partial charge in [0.05, 0.1) is 6.61 Å². The van der Waals surface area contributed by atoms with E-state index in [1.807, 2.05) is 0 Å². The molecule has 2 rings (SSSR count). The van der Waals surface area contributed by atoms with E-state index in [2.05, 4.69) is 0 Å². The van der Waals surface area contributed by atoms with E-state index in [1.54, 1.807) is 13.8 Å². The fourth-order valence-electron chi connectivity index (χ4n) is 2.07. The van der Waals surface area contributed by atoms with E-state index in [4.69, 9.17) is 18.9 Å². The zero-order chi connectivity index (χ0) is 13.5. The maximum atomic E-state index is 11.3. The van der Waals surface area contributed by atoms with Gasteiger partial charge in [-0.1, -0.05) is 0 Å². The SMILES string of the molecule is CC(=O)O[C@@H]1[C@@H]([C@@H]2COC(C)(C)O2)OC(=O)[C@H]1O. The molecule has 0 aromatic carbocycles. The lowest BCUT2D eigenvalue weighted by molar-refractivity contribution is -0.172. The van der Waals surface area contributed by atoms with Crippen LogP contribution in [0.5, 0.6) is 0 Å².